The summed E-state index contributed by atoms with van der Waals surface area (Å²) in [6, 6.07) is 0. The Morgan fingerprint density at radius 1 is 0.880 bits per heavy atom. The molecule has 7 N–H and O–H groups in total. The minimum absolute atomic E-state index is 0. The molecule has 0 aliphatic rings. The molecule has 0 heterocycles. The first-order valence-electron chi connectivity index (χ1n) is 6.43. The Bertz CT molecular complexity index is 321. The molecule has 0 amide bonds. The molecule has 0 atom stereocenters. The summed E-state index contributed by atoms with van der Waals surface area (Å²) in [6.45, 7) is 0.618. The second kappa shape index (κ2) is 22.9. The van der Waals surface area contributed by atoms with E-state index in [-0.39, 0.29) is 89.2 Å². The van der Waals surface area contributed by atoms with Gasteiger partial charge in [-0.05, 0) is 0 Å². The molecule has 0 aromatic carbocycles. The summed E-state index contributed by atoms with van der Waals surface area (Å²) in [7, 11) is 0. The van der Waals surface area contributed by atoms with Gasteiger partial charge in [-0.15, -0.1) is 0 Å². The average Bonchev–Trinajstić information content (AvgIpc) is 2.37. The van der Waals surface area contributed by atoms with Gasteiger partial charge in [0.2, 0.25) is 0 Å². The van der Waals surface area contributed by atoms with Crippen LogP contribution in [0.4, 0.5) is 0 Å². The number of nitrogens with one attached hydrogen (secondary N) is 1. The van der Waals surface area contributed by atoms with Gasteiger partial charge in [-0.3, -0.25) is 14.4 Å². The Hall–Kier alpha value is -1.14. The summed E-state index contributed by atoms with van der Waals surface area (Å²) in [6.07, 6.45) is -0.232. The van der Waals surface area contributed by atoms with Crippen LogP contribution in [0.3, 0.4) is 0 Å². The number of rotatable bonds is 14. The van der Waals surface area contributed by atoms with Crippen LogP contribution in [0.25, 0.3) is 0 Å². The van der Waals surface area contributed by atoms with Gasteiger partial charge in [-0.25, -0.2) is 0 Å². The number of ether oxygens (including phenoxy) is 2. The van der Waals surface area contributed by atoms with E-state index in [1.807, 2.05) is 0 Å². The summed E-state index contributed by atoms with van der Waals surface area (Å²) in [5.41, 5.74) is 0. The fourth-order valence-corrected chi connectivity index (χ4v) is 1.37. The van der Waals surface area contributed by atoms with Crippen LogP contribution >= 0.6 is 0 Å². The summed E-state index contributed by atoms with van der Waals surface area (Å²) >= 11 is 0. The van der Waals surface area contributed by atoms with E-state index in [0.29, 0.717) is 6.54 Å². The van der Waals surface area contributed by atoms with Gasteiger partial charge in [0, 0.05) is 33.5 Å². The van der Waals surface area contributed by atoms with Crippen molar-refractivity contribution in [3.05, 3.63) is 0 Å². The molecule has 0 unspecified atom stereocenters. The fourth-order valence-electron chi connectivity index (χ4n) is 1.37. The number of carboxylic acid groups (broad SMARTS) is 3. The van der Waals surface area contributed by atoms with Crippen molar-refractivity contribution in [2.24, 2.45) is 5.92 Å². The molecule has 13 heteroatoms. The van der Waals surface area contributed by atoms with Crippen LogP contribution in [-0.2, 0) is 50.4 Å². The molecule has 25 heavy (non-hydrogen) atoms. The molecule has 0 aliphatic carbocycles. The quantitative estimate of drug-likeness (QED) is 0.179. The molecule has 0 rings (SSSR count). The van der Waals surface area contributed by atoms with E-state index in [9.17, 15) is 14.4 Å². The SMILES string of the molecule is O.O=C(O)CCOCC(CNCC(=O)O)COCCC(=O)O.[O-2].[OH-].[W]. The Morgan fingerprint density at radius 3 is 1.60 bits per heavy atom. The predicted octanol–water partition coefficient (Wildman–Crippen LogP) is -1.86. The van der Waals surface area contributed by atoms with Crippen molar-refractivity contribution in [2.75, 3.05) is 39.5 Å². The molecule has 0 aliphatic heterocycles. The van der Waals surface area contributed by atoms with E-state index in [0.717, 1.165) is 0 Å². The summed E-state index contributed by atoms with van der Waals surface area (Å²) in [4.78, 5) is 31.1. The first-order chi connectivity index (χ1) is 9.91. The Balaban J connectivity index is -0.000000333. The van der Waals surface area contributed by atoms with Crippen LogP contribution < -0.4 is 5.32 Å². The number of carboxylic acids is 3. The van der Waals surface area contributed by atoms with Gasteiger partial charge >= 0.3 is 17.9 Å². The van der Waals surface area contributed by atoms with Crippen molar-refractivity contribution < 1.29 is 76.7 Å². The van der Waals surface area contributed by atoms with Gasteiger partial charge < -0.3 is 46.5 Å². The molecule has 0 radical (unpaired) electrons. The van der Waals surface area contributed by atoms with Crippen molar-refractivity contribution in [1.82, 2.24) is 5.32 Å². The van der Waals surface area contributed by atoms with Crippen molar-refractivity contribution in [3.63, 3.8) is 0 Å². The first kappa shape index (κ1) is 35.1. The smallest absolute Gasteiger partial charge is 0.317 e. The maximum atomic E-state index is 10.4. The first-order valence-corrected chi connectivity index (χ1v) is 6.43. The maximum absolute atomic E-state index is 10.4. The monoisotopic (exact) mass is 542 g/mol. The van der Waals surface area contributed by atoms with Crippen LogP contribution in [-0.4, -0.2) is 83.7 Å². The number of hydrogen-bond acceptors (Lipinski definition) is 7. The molecular formula is C12H24NO11W-3. The molecule has 12 nitrogen and oxygen atoms in total. The maximum Gasteiger partial charge on any atom is 0.317 e. The molecule has 0 aromatic rings. The third-order valence-electron chi connectivity index (χ3n) is 2.34. The summed E-state index contributed by atoms with van der Waals surface area (Å²) in [5, 5.41) is 28.2. The van der Waals surface area contributed by atoms with Crippen molar-refractivity contribution >= 4 is 17.9 Å². The van der Waals surface area contributed by atoms with E-state index >= 15 is 0 Å². The third kappa shape index (κ3) is 28.0. The molecule has 0 aromatic heterocycles. The van der Waals surface area contributed by atoms with Gasteiger partial charge in [0.15, 0.2) is 0 Å². The zero-order valence-corrected chi connectivity index (χ0v) is 16.3. The van der Waals surface area contributed by atoms with E-state index in [2.05, 4.69) is 5.32 Å². The summed E-state index contributed by atoms with van der Waals surface area (Å²) in [5.74, 6) is -3.11. The molecule has 152 valence electrons. The Labute approximate surface area is 158 Å². The van der Waals surface area contributed by atoms with E-state index in [4.69, 9.17) is 24.8 Å². The summed E-state index contributed by atoms with van der Waals surface area (Å²) < 4.78 is 10.4. The van der Waals surface area contributed by atoms with Crippen LogP contribution in [0.5, 0.6) is 0 Å². The van der Waals surface area contributed by atoms with Crippen molar-refractivity contribution in [3.8, 4) is 0 Å². The number of aliphatic carboxylic acids is 3. The van der Waals surface area contributed by atoms with Crippen LogP contribution in [0.1, 0.15) is 12.8 Å². The van der Waals surface area contributed by atoms with E-state index in [1.165, 1.54) is 0 Å². The van der Waals surface area contributed by atoms with Crippen LogP contribution in [0, 0.1) is 5.92 Å². The van der Waals surface area contributed by atoms with Gasteiger partial charge in [-0.2, -0.15) is 0 Å². The van der Waals surface area contributed by atoms with Crippen molar-refractivity contribution in [2.45, 2.75) is 12.8 Å². The average molecular weight is 542 g/mol. The van der Waals surface area contributed by atoms with Crippen molar-refractivity contribution in [1.29, 1.82) is 0 Å². The fraction of sp³-hybridized carbons (Fsp3) is 0.750. The zero-order chi connectivity index (χ0) is 16.1. The molecular weight excluding hydrogens is 518 g/mol. The Morgan fingerprint density at radius 2 is 1.28 bits per heavy atom. The second-order valence-electron chi connectivity index (χ2n) is 4.33. The molecule has 0 saturated carbocycles. The Kier molecular flexibility index (Phi) is 32.0. The molecule has 0 spiro atoms. The van der Waals surface area contributed by atoms with Gasteiger partial charge in [0.05, 0.1) is 45.8 Å². The minimum atomic E-state index is -0.993. The minimum Gasteiger partial charge on any atom is -2.00 e. The van der Waals surface area contributed by atoms with Crippen LogP contribution in [0.15, 0.2) is 0 Å². The van der Waals surface area contributed by atoms with E-state index < -0.39 is 17.9 Å². The van der Waals surface area contributed by atoms with Gasteiger partial charge in [-0.1, -0.05) is 0 Å². The normalized spacial score (nSPS) is 9.00. The van der Waals surface area contributed by atoms with E-state index in [1.54, 1.807) is 0 Å². The zero-order valence-electron chi connectivity index (χ0n) is 13.4. The van der Waals surface area contributed by atoms with Gasteiger partial charge in [0.25, 0.3) is 0 Å². The molecule has 0 fully saturated rings. The number of carbonyl (C=O) groups is 3. The van der Waals surface area contributed by atoms with Crippen LogP contribution in [0.2, 0.25) is 0 Å². The van der Waals surface area contributed by atoms with Gasteiger partial charge in [0.1, 0.15) is 0 Å². The third-order valence-corrected chi connectivity index (χ3v) is 2.34. The molecule has 0 saturated heterocycles. The number of hydrogen-bond donors (Lipinski definition) is 4. The predicted molar refractivity (Wildman–Crippen MR) is 76.4 cm³/mol. The second-order valence-corrected chi connectivity index (χ2v) is 4.33. The standard InChI is InChI=1S/C12H21NO8.2H2O.O.W/c14-10(15)1-3-20-7-9(5-13-6-12(18)19)8-21-4-2-11(16)17;;;;/h9,13H,1-8H2,(H,14,15)(H,16,17)(H,18,19);2*1H2;;/q;;;-2;/p-1. The largest absolute Gasteiger partial charge is 2.00 e. The molecule has 0 bridgehead atoms. The topological polar surface area (TPSA) is 232 Å².